The smallest absolute Gasteiger partial charge is 0.258 e. The number of aliphatic hydroxyl groups excluding tert-OH is 1. The fourth-order valence-electron chi connectivity index (χ4n) is 1.39. The van der Waals surface area contributed by atoms with Gasteiger partial charge in [0, 0.05) is 19.2 Å². The van der Waals surface area contributed by atoms with Crippen molar-refractivity contribution in [1.82, 2.24) is 24.9 Å². The van der Waals surface area contributed by atoms with Crippen LogP contribution in [0.25, 0.3) is 0 Å². The molecule has 0 amide bonds. The molecule has 8 nitrogen and oxygen atoms in total. The van der Waals surface area contributed by atoms with E-state index < -0.39 is 10.0 Å². The SMILES string of the molecule is O=S(=O)(NCCc1ncn[nH]1)c1ccc(CO)cn1. The standard InChI is InChI=1S/C10H13N5O3S/c16-6-8-1-2-10(11-5-8)19(17,18)14-4-3-9-12-7-13-15-9/h1-2,5,7,14,16H,3-4,6H2,(H,12,13,15). The van der Waals surface area contributed by atoms with Gasteiger partial charge in [-0.2, -0.15) is 5.10 Å². The molecule has 0 unspecified atom stereocenters. The zero-order chi connectivity index (χ0) is 13.7. The third-order valence-electron chi connectivity index (χ3n) is 2.37. The van der Waals surface area contributed by atoms with Crippen molar-refractivity contribution in [2.75, 3.05) is 6.54 Å². The zero-order valence-corrected chi connectivity index (χ0v) is 10.8. The molecule has 0 aliphatic carbocycles. The summed E-state index contributed by atoms with van der Waals surface area (Å²) in [6.07, 6.45) is 3.10. The number of sulfonamides is 1. The molecule has 0 saturated heterocycles. The van der Waals surface area contributed by atoms with Crippen molar-refractivity contribution in [1.29, 1.82) is 0 Å². The van der Waals surface area contributed by atoms with Crippen molar-refractivity contribution in [2.24, 2.45) is 0 Å². The normalized spacial score (nSPS) is 11.6. The second-order valence-electron chi connectivity index (χ2n) is 3.74. The quantitative estimate of drug-likeness (QED) is 0.639. The Morgan fingerprint density at radius 3 is 2.74 bits per heavy atom. The first kappa shape index (κ1) is 13.6. The Kier molecular flexibility index (Phi) is 4.20. The highest BCUT2D eigenvalue weighted by molar-refractivity contribution is 7.89. The Morgan fingerprint density at radius 1 is 1.32 bits per heavy atom. The van der Waals surface area contributed by atoms with Crippen molar-refractivity contribution >= 4 is 10.0 Å². The van der Waals surface area contributed by atoms with Crippen LogP contribution in [0.5, 0.6) is 0 Å². The average Bonchev–Trinajstić information content (AvgIpc) is 2.92. The van der Waals surface area contributed by atoms with Gasteiger partial charge in [-0.1, -0.05) is 6.07 Å². The van der Waals surface area contributed by atoms with E-state index >= 15 is 0 Å². The molecule has 2 heterocycles. The highest BCUT2D eigenvalue weighted by atomic mass is 32.2. The first-order valence-electron chi connectivity index (χ1n) is 5.51. The summed E-state index contributed by atoms with van der Waals surface area (Å²) >= 11 is 0. The van der Waals surface area contributed by atoms with Crippen LogP contribution >= 0.6 is 0 Å². The number of hydrogen-bond donors (Lipinski definition) is 3. The summed E-state index contributed by atoms with van der Waals surface area (Å²) in [4.78, 5) is 7.68. The van der Waals surface area contributed by atoms with Gasteiger partial charge in [0.05, 0.1) is 6.61 Å². The Morgan fingerprint density at radius 2 is 2.16 bits per heavy atom. The van der Waals surface area contributed by atoms with Gasteiger partial charge in [0.25, 0.3) is 10.0 Å². The van der Waals surface area contributed by atoms with Gasteiger partial charge in [0.2, 0.25) is 0 Å². The summed E-state index contributed by atoms with van der Waals surface area (Å²) in [5.74, 6) is 0.603. The molecule has 0 atom stereocenters. The number of aromatic amines is 1. The summed E-state index contributed by atoms with van der Waals surface area (Å²) < 4.78 is 26.2. The van der Waals surface area contributed by atoms with E-state index in [0.29, 0.717) is 17.8 Å². The van der Waals surface area contributed by atoms with E-state index in [1.54, 1.807) is 0 Å². The van der Waals surface area contributed by atoms with Crippen LogP contribution in [0.4, 0.5) is 0 Å². The maximum atomic E-state index is 11.9. The number of rotatable bonds is 6. The van der Waals surface area contributed by atoms with Crippen LogP contribution in [-0.4, -0.2) is 40.2 Å². The molecule has 0 aliphatic rings. The lowest BCUT2D eigenvalue weighted by Gasteiger charge is -2.05. The van der Waals surface area contributed by atoms with Crippen molar-refractivity contribution in [3.05, 3.63) is 36.0 Å². The molecule has 3 N–H and O–H groups in total. The molecule has 9 heteroatoms. The van der Waals surface area contributed by atoms with Crippen LogP contribution in [0.15, 0.2) is 29.7 Å². The van der Waals surface area contributed by atoms with E-state index in [2.05, 4.69) is 24.9 Å². The van der Waals surface area contributed by atoms with Gasteiger partial charge in [0.15, 0.2) is 5.03 Å². The lowest BCUT2D eigenvalue weighted by atomic mass is 10.3. The molecule has 2 aromatic rings. The molecule has 0 radical (unpaired) electrons. The molecule has 0 spiro atoms. The van der Waals surface area contributed by atoms with Crippen LogP contribution in [0.2, 0.25) is 0 Å². The minimum absolute atomic E-state index is 0.0812. The van der Waals surface area contributed by atoms with Gasteiger partial charge in [-0.25, -0.2) is 23.1 Å². The number of pyridine rings is 1. The molecule has 102 valence electrons. The third kappa shape index (κ3) is 3.56. The van der Waals surface area contributed by atoms with Crippen LogP contribution in [0, 0.1) is 0 Å². The maximum absolute atomic E-state index is 11.9. The number of nitrogens with one attached hydrogen (secondary N) is 2. The second-order valence-corrected chi connectivity index (χ2v) is 5.46. The lowest BCUT2D eigenvalue weighted by molar-refractivity contribution is 0.281. The van der Waals surface area contributed by atoms with Crippen molar-refractivity contribution < 1.29 is 13.5 Å². The summed E-state index contributed by atoms with van der Waals surface area (Å²) in [7, 11) is -3.64. The van der Waals surface area contributed by atoms with Crippen molar-refractivity contribution in [2.45, 2.75) is 18.1 Å². The number of H-pyrrole nitrogens is 1. The van der Waals surface area contributed by atoms with Gasteiger partial charge in [-0.3, -0.25) is 5.10 Å². The van der Waals surface area contributed by atoms with Gasteiger partial charge < -0.3 is 5.11 Å². The molecule has 2 rings (SSSR count). The van der Waals surface area contributed by atoms with E-state index in [9.17, 15) is 8.42 Å². The summed E-state index contributed by atoms with van der Waals surface area (Å²) in [6.45, 7) is 0.0210. The van der Waals surface area contributed by atoms with E-state index in [0.717, 1.165) is 0 Å². The van der Waals surface area contributed by atoms with E-state index in [4.69, 9.17) is 5.11 Å². The summed E-state index contributed by atoms with van der Waals surface area (Å²) in [5.41, 5.74) is 0.556. The number of hydrogen-bond acceptors (Lipinski definition) is 6. The molecule has 19 heavy (non-hydrogen) atoms. The minimum Gasteiger partial charge on any atom is -0.392 e. The first-order chi connectivity index (χ1) is 9.12. The molecule has 0 fully saturated rings. The predicted octanol–water partition coefficient (Wildman–Crippen LogP) is -0.787. The second kappa shape index (κ2) is 5.87. The Hall–Kier alpha value is -1.84. The minimum atomic E-state index is -3.64. The molecule has 2 aromatic heterocycles. The Labute approximate surface area is 110 Å². The van der Waals surface area contributed by atoms with E-state index in [1.165, 1.54) is 24.7 Å². The van der Waals surface area contributed by atoms with Crippen LogP contribution in [0.3, 0.4) is 0 Å². The van der Waals surface area contributed by atoms with Crippen LogP contribution in [0.1, 0.15) is 11.4 Å². The van der Waals surface area contributed by atoms with Crippen LogP contribution < -0.4 is 4.72 Å². The van der Waals surface area contributed by atoms with Gasteiger partial charge in [-0.05, 0) is 11.6 Å². The molecular weight excluding hydrogens is 270 g/mol. The highest BCUT2D eigenvalue weighted by Crippen LogP contribution is 2.06. The molecule has 0 aromatic carbocycles. The largest absolute Gasteiger partial charge is 0.392 e. The first-order valence-corrected chi connectivity index (χ1v) is 7.00. The molecule has 0 aliphatic heterocycles. The zero-order valence-electron chi connectivity index (χ0n) is 9.94. The predicted molar refractivity (Wildman–Crippen MR) is 65.4 cm³/mol. The van der Waals surface area contributed by atoms with Crippen LogP contribution in [-0.2, 0) is 23.1 Å². The van der Waals surface area contributed by atoms with E-state index in [1.807, 2.05) is 0 Å². The molecular formula is C10H13N5O3S. The topological polar surface area (TPSA) is 121 Å². The van der Waals surface area contributed by atoms with Gasteiger partial charge in [-0.15, -0.1) is 0 Å². The average molecular weight is 283 g/mol. The summed E-state index contributed by atoms with van der Waals surface area (Å²) in [5, 5.41) is 15.1. The monoisotopic (exact) mass is 283 g/mol. The van der Waals surface area contributed by atoms with Crippen molar-refractivity contribution in [3.8, 4) is 0 Å². The molecule has 0 saturated carbocycles. The fraction of sp³-hybridized carbons (Fsp3) is 0.300. The summed E-state index contributed by atoms with van der Waals surface area (Å²) in [6, 6.07) is 2.86. The Balaban J connectivity index is 1.97. The maximum Gasteiger partial charge on any atom is 0.258 e. The number of nitrogens with zero attached hydrogens (tertiary/aromatic N) is 3. The third-order valence-corrected chi connectivity index (χ3v) is 3.75. The number of aliphatic hydroxyl groups is 1. The highest BCUT2D eigenvalue weighted by Gasteiger charge is 2.14. The Bertz CT molecular complexity index is 609. The van der Waals surface area contributed by atoms with Gasteiger partial charge in [0.1, 0.15) is 12.2 Å². The van der Waals surface area contributed by atoms with E-state index in [-0.39, 0.29) is 18.2 Å². The lowest BCUT2D eigenvalue weighted by Crippen LogP contribution is -2.27. The molecule has 0 bridgehead atoms. The van der Waals surface area contributed by atoms with Gasteiger partial charge >= 0.3 is 0 Å². The van der Waals surface area contributed by atoms with Crippen molar-refractivity contribution in [3.63, 3.8) is 0 Å². The fourth-order valence-corrected chi connectivity index (χ4v) is 2.35. The number of aromatic nitrogens is 4.